The second kappa shape index (κ2) is 4.96. The van der Waals surface area contributed by atoms with Crippen molar-refractivity contribution in [2.24, 2.45) is 0 Å². The molecule has 0 spiro atoms. The first-order chi connectivity index (χ1) is 5.83. The molecule has 0 aromatic carbocycles. The van der Waals surface area contributed by atoms with Gasteiger partial charge in [0, 0.05) is 12.7 Å². The van der Waals surface area contributed by atoms with E-state index in [0.717, 1.165) is 6.54 Å². The fourth-order valence-corrected chi connectivity index (χ4v) is 1.29. The molecule has 0 saturated heterocycles. The van der Waals surface area contributed by atoms with Gasteiger partial charge in [-0.1, -0.05) is 26.2 Å². The summed E-state index contributed by atoms with van der Waals surface area (Å²) in [6.07, 6.45) is 9.26. The molecule has 2 nitrogen and oxygen atoms in total. The topological polar surface area (TPSA) is 17.8 Å². The molecule has 0 aliphatic heterocycles. The molecule has 2 heteroatoms. The summed E-state index contributed by atoms with van der Waals surface area (Å²) >= 11 is 0. The van der Waals surface area contributed by atoms with Crippen molar-refractivity contribution in [2.75, 3.05) is 0 Å². The van der Waals surface area contributed by atoms with Gasteiger partial charge in [-0.3, -0.25) is 4.68 Å². The van der Waals surface area contributed by atoms with E-state index in [0.29, 0.717) is 0 Å². The molecule has 0 fully saturated rings. The standard InChI is InChI=1S/C10H18N2/c1-3-4-5-6-7-12-9-10(2)8-11-12/h8-9H,3-7H2,1-2H3. The summed E-state index contributed by atoms with van der Waals surface area (Å²) in [7, 11) is 0. The Balaban J connectivity index is 2.15. The van der Waals surface area contributed by atoms with Crippen LogP contribution in [0.15, 0.2) is 12.4 Å². The highest BCUT2D eigenvalue weighted by molar-refractivity contribution is 4.99. The largest absolute Gasteiger partial charge is 0.272 e. The van der Waals surface area contributed by atoms with E-state index in [1.807, 2.05) is 10.9 Å². The van der Waals surface area contributed by atoms with Gasteiger partial charge in [-0.05, 0) is 18.9 Å². The van der Waals surface area contributed by atoms with Crippen LogP contribution in [0, 0.1) is 6.92 Å². The predicted octanol–water partition coefficient (Wildman–Crippen LogP) is 2.77. The van der Waals surface area contributed by atoms with Gasteiger partial charge in [0.1, 0.15) is 0 Å². The van der Waals surface area contributed by atoms with Crippen LogP contribution in [0.1, 0.15) is 38.2 Å². The summed E-state index contributed by atoms with van der Waals surface area (Å²) in [6, 6.07) is 0. The van der Waals surface area contributed by atoms with Gasteiger partial charge in [-0.25, -0.2) is 0 Å². The Hall–Kier alpha value is -0.790. The molecule has 68 valence electrons. The van der Waals surface area contributed by atoms with Crippen LogP contribution in [-0.2, 0) is 6.54 Å². The van der Waals surface area contributed by atoms with Crippen molar-refractivity contribution >= 4 is 0 Å². The van der Waals surface area contributed by atoms with Crippen LogP contribution >= 0.6 is 0 Å². The zero-order valence-electron chi connectivity index (χ0n) is 8.08. The predicted molar refractivity (Wildman–Crippen MR) is 51.1 cm³/mol. The Kier molecular flexibility index (Phi) is 3.85. The van der Waals surface area contributed by atoms with E-state index in [4.69, 9.17) is 0 Å². The van der Waals surface area contributed by atoms with E-state index in [9.17, 15) is 0 Å². The monoisotopic (exact) mass is 166 g/mol. The molecule has 0 bridgehead atoms. The fraction of sp³-hybridized carbons (Fsp3) is 0.700. The molecule has 0 saturated carbocycles. The van der Waals surface area contributed by atoms with Crippen molar-refractivity contribution in [1.29, 1.82) is 0 Å². The van der Waals surface area contributed by atoms with E-state index in [-0.39, 0.29) is 0 Å². The zero-order chi connectivity index (χ0) is 8.81. The highest BCUT2D eigenvalue weighted by Gasteiger charge is 1.92. The lowest BCUT2D eigenvalue weighted by Gasteiger charge is -1.99. The number of nitrogens with zero attached hydrogens (tertiary/aromatic N) is 2. The van der Waals surface area contributed by atoms with Crippen LogP contribution in [-0.4, -0.2) is 9.78 Å². The Morgan fingerprint density at radius 2 is 2.17 bits per heavy atom. The molecular weight excluding hydrogens is 148 g/mol. The lowest BCUT2D eigenvalue weighted by Crippen LogP contribution is -1.97. The molecule has 1 heterocycles. The molecule has 0 amide bonds. The van der Waals surface area contributed by atoms with Crippen LogP contribution < -0.4 is 0 Å². The summed E-state index contributed by atoms with van der Waals surface area (Å²) < 4.78 is 2.03. The summed E-state index contributed by atoms with van der Waals surface area (Å²) in [6.45, 7) is 5.39. The van der Waals surface area contributed by atoms with Gasteiger partial charge in [0.2, 0.25) is 0 Å². The van der Waals surface area contributed by atoms with Crippen molar-refractivity contribution in [2.45, 2.75) is 46.1 Å². The summed E-state index contributed by atoms with van der Waals surface area (Å²) in [5.74, 6) is 0. The number of rotatable bonds is 5. The molecule has 0 radical (unpaired) electrons. The van der Waals surface area contributed by atoms with Crippen LogP contribution in [0.4, 0.5) is 0 Å². The number of hydrogen-bond acceptors (Lipinski definition) is 1. The third kappa shape index (κ3) is 3.07. The summed E-state index contributed by atoms with van der Waals surface area (Å²) in [5.41, 5.74) is 1.26. The molecule has 1 aromatic rings. The molecular formula is C10H18N2. The molecule has 0 atom stereocenters. The lowest BCUT2D eigenvalue weighted by molar-refractivity contribution is 0.541. The van der Waals surface area contributed by atoms with Gasteiger partial charge in [-0.2, -0.15) is 5.10 Å². The highest BCUT2D eigenvalue weighted by atomic mass is 15.3. The van der Waals surface area contributed by atoms with Gasteiger partial charge in [-0.15, -0.1) is 0 Å². The second-order valence-corrected chi connectivity index (χ2v) is 3.34. The number of aryl methyl sites for hydroxylation is 2. The minimum Gasteiger partial charge on any atom is -0.272 e. The molecule has 12 heavy (non-hydrogen) atoms. The van der Waals surface area contributed by atoms with Crippen LogP contribution in [0.25, 0.3) is 0 Å². The van der Waals surface area contributed by atoms with Crippen LogP contribution in [0.5, 0.6) is 0 Å². The first kappa shape index (κ1) is 9.30. The maximum Gasteiger partial charge on any atom is 0.0518 e. The van der Waals surface area contributed by atoms with Gasteiger partial charge in [0.25, 0.3) is 0 Å². The molecule has 0 unspecified atom stereocenters. The minimum absolute atomic E-state index is 1.08. The van der Waals surface area contributed by atoms with E-state index in [1.54, 1.807) is 0 Å². The van der Waals surface area contributed by atoms with E-state index in [1.165, 1.54) is 31.2 Å². The Labute approximate surface area is 74.6 Å². The van der Waals surface area contributed by atoms with E-state index >= 15 is 0 Å². The SMILES string of the molecule is CCCCCCn1cc(C)cn1. The van der Waals surface area contributed by atoms with Crippen molar-refractivity contribution in [1.82, 2.24) is 9.78 Å². The van der Waals surface area contributed by atoms with E-state index < -0.39 is 0 Å². The van der Waals surface area contributed by atoms with Crippen molar-refractivity contribution in [3.05, 3.63) is 18.0 Å². The zero-order valence-corrected chi connectivity index (χ0v) is 8.08. The van der Waals surface area contributed by atoms with E-state index in [2.05, 4.69) is 25.1 Å². The molecule has 0 aliphatic carbocycles. The lowest BCUT2D eigenvalue weighted by atomic mass is 10.2. The molecule has 0 N–H and O–H groups in total. The Morgan fingerprint density at radius 3 is 2.75 bits per heavy atom. The number of hydrogen-bond donors (Lipinski definition) is 0. The van der Waals surface area contributed by atoms with Gasteiger partial charge in [0.05, 0.1) is 6.20 Å². The average molecular weight is 166 g/mol. The van der Waals surface area contributed by atoms with Gasteiger partial charge >= 0.3 is 0 Å². The minimum atomic E-state index is 1.08. The first-order valence-electron chi connectivity index (χ1n) is 4.82. The van der Waals surface area contributed by atoms with Crippen molar-refractivity contribution in [3.63, 3.8) is 0 Å². The third-order valence-electron chi connectivity index (χ3n) is 2.00. The average Bonchev–Trinajstić information content (AvgIpc) is 2.45. The Morgan fingerprint density at radius 1 is 1.33 bits per heavy atom. The Bertz CT molecular complexity index is 215. The molecule has 1 rings (SSSR count). The van der Waals surface area contributed by atoms with Crippen molar-refractivity contribution < 1.29 is 0 Å². The number of aromatic nitrogens is 2. The van der Waals surface area contributed by atoms with Gasteiger partial charge in [0.15, 0.2) is 0 Å². The van der Waals surface area contributed by atoms with Crippen LogP contribution in [0.2, 0.25) is 0 Å². The highest BCUT2D eigenvalue weighted by Crippen LogP contribution is 2.02. The fourth-order valence-electron chi connectivity index (χ4n) is 1.29. The molecule has 0 aliphatic rings. The second-order valence-electron chi connectivity index (χ2n) is 3.34. The maximum atomic E-state index is 4.23. The quantitative estimate of drug-likeness (QED) is 0.615. The normalized spacial score (nSPS) is 10.5. The van der Waals surface area contributed by atoms with Gasteiger partial charge < -0.3 is 0 Å². The van der Waals surface area contributed by atoms with Crippen LogP contribution in [0.3, 0.4) is 0 Å². The maximum absolute atomic E-state index is 4.23. The molecule has 1 aromatic heterocycles. The summed E-state index contributed by atoms with van der Waals surface area (Å²) in [5, 5.41) is 4.23. The first-order valence-corrected chi connectivity index (χ1v) is 4.82. The smallest absolute Gasteiger partial charge is 0.0518 e. The third-order valence-corrected chi connectivity index (χ3v) is 2.00. The summed E-state index contributed by atoms with van der Waals surface area (Å²) in [4.78, 5) is 0. The number of unbranched alkanes of at least 4 members (excludes halogenated alkanes) is 3. The van der Waals surface area contributed by atoms with Crippen molar-refractivity contribution in [3.8, 4) is 0 Å².